The zero-order valence-corrected chi connectivity index (χ0v) is 15.1. The lowest BCUT2D eigenvalue weighted by molar-refractivity contribution is 0.0997. The summed E-state index contributed by atoms with van der Waals surface area (Å²) in [5, 5.41) is 29.4. The fourth-order valence-corrected chi connectivity index (χ4v) is 3.12. The molecule has 2 aromatic carbocycles. The molecule has 0 radical (unpaired) electrons. The minimum Gasteiger partial charge on any atom is -0.508 e. The highest BCUT2D eigenvalue weighted by atomic mass is 16.3. The first-order chi connectivity index (χ1) is 12.4. The number of phenols is 3. The predicted octanol–water partition coefficient (Wildman–Crippen LogP) is 3.88. The molecule has 0 saturated heterocycles. The molecule has 0 spiro atoms. The molecule has 2 aromatic rings. The molecule has 0 saturated carbocycles. The Hall–Kier alpha value is -2.69. The summed E-state index contributed by atoms with van der Waals surface area (Å²) in [4.78, 5) is 11.3. The molecular formula is C21H27NO4. The molecule has 1 unspecified atom stereocenters. The first kappa shape index (κ1) is 19.6. The van der Waals surface area contributed by atoms with Gasteiger partial charge in [0, 0.05) is 0 Å². The number of para-hydroxylation sites is 1. The standard InChI is InChI=1S/C21H27NO4/c1-14(9-10-16-13-17(23)11-12-19(16)24)5-2-3-6-15-7-4-8-18(20(15)25)21(22)26/h4,7-8,11-14,23-25H,2-3,5-6,9-10H2,1H3,(H2,22,26). The quantitative estimate of drug-likeness (QED) is 0.404. The SMILES string of the molecule is CC(CCCCc1cccc(C(N)=O)c1O)CCc1cc(O)ccc1O. The fraction of sp³-hybridized carbons (Fsp3) is 0.381. The summed E-state index contributed by atoms with van der Waals surface area (Å²) in [7, 11) is 0. The van der Waals surface area contributed by atoms with E-state index in [0.29, 0.717) is 12.3 Å². The second-order valence-corrected chi connectivity index (χ2v) is 6.88. The highest BCUT2D eigenvalue weighted by Crippen LogP contribution is 2.27. The Labute approximate surface area is 154 Å². The van der Waals surface area contributed by atoms with Crippen LogP contribution in [-0.2, 0) is 12.8 Å². The van der Waals surface area contributed by atoms with Crippen molar-refractivity contribution in [1.29, 1.82) is 0 Å². The number of hydrogen-bond donors (Lipinski definition) is 4. The number of carbonyl (C=O) groups excluding carboxylic acids is 1. The molecule has 5 N–H and O–H groups in total. The molecule has 0 bridgehead atoms. The summed E-state index contributed by atoms with van der Waals surface area (Å²) in [6.45, 7) is 2.17. The summed E-state index contributed by atoms with van der Waals surface area (Å²) in [6.07, 6.45) is 5.32. The Morgan fingerprint density at radius 3 is 2.50 bits per heavy atom. The minimum absolute atomic E-state index is 0.00703. The van der Waals surface area contributed by atoms with Crippen LogP contribution in [0.5, 0.6) is 17.2 Å². The van der Waals surface area contributed by atoms with Gasteiger partial charge in [0.05, 0.1) is 5.56 Å². The molecule has 1 amide bonds. The Balaban J connectivity index is 1.75. The summed E-state index contributed by atoms with van der Waals surface area (Å²) < 4.78 is 0. The first-order valence-corrected chi connectivity index (χ1v) is 9.00. The maximum Gasteiger partial charge on any atom is 0.252 e. The van der Waals surface area contributed by atoms with Crippen molar-refractivity contribution in [2.75, 3.05) is 0 Å². The minimum atomic E-state index is -0.617. The number of aromatic hydroxyl groups is 3. The Morgan fingerprint density at radius 1 is 1.00 bits per heavy atom. The molecule has 26 heavy (non-hydrogen) atoms. The van der Waals surface area contributed by atoms with E-state index in [1.54, 1.807) is 12.1 Å². The van der Waals surface area contributed by atoms with Crippen molar-refractivity contribution in [3.63, 3.8) is 0 Å². The smallest absolute Gasteiger partial charge is 0.252 e. The van der Waals surface area contributed by atoms with Gasteiger partial charge in [-0.2, -0.15) is 0 Å². The average molecular weight is 357 g/mol. The van der Waals surface area contributed by atoms with Gasteiger partial charge in [-0.15, -0.1) is 0 Å². The van der Waals surface area contributed by atoms with Crippen molar-refractivity contribution < 1.29 is 20.1 Å². The highest BCUT2D eigenvalue weighted by Gasteiger charge is 2.11. The second-order valence-electron chi connectivity index (χ2n) is 6.88. The third kappa shape index (κ3) is 5.41. The molecule has 1 atom stereocenters. The van der Waals surface area contributed by atoms with Gasteiger partial charge in [-0.1, -0.05) is 31.9 Å². The lowest BCUT2D eigenvalue weighted by atomic mass is 9.94. The van der Waals surface area contributed by atoms with Gasteiger partial charge in [0.1, 0.15) is 17.2 Å². The number of unbranched alkanes of at least 4 members (excludes halogenated alkanes) is 1. The summed E-state index contributed by atoms with van der Waals surface area (Å²) >= 11 is 0. The van der Waals surface area contributed by atoms with Crippen molar-refractivity contribution in [3.8, 4) is 17.2 Å². The van der Waals surface area contributed by atoms with Gasteiger partial charge in [0.15, 0.2) is 0 Å². The summed E-state index contributed by atoms with van der Waals surface area (Å²) in [6, 6.07) is 9.68. The number of hydrogen-bond acceptors (Lipinski definition) is 4. The van der Waals surface area contributed by atoms with E-state index in [9.17, 15) is 20.1 Å². The van der Waals surface area contributed by atoms with Crippen LogP contribution >= 0.6 is 0 Å². The van der Waals surface area contributed by atoms with Gasteiger partial charge in [-0.05, 0) is 67.0 Å². The van der Waals surface area contributed by atoms with E-state index in [0.717, 1.165) is 43.2 Å². The average Bonchev–Trinajstić information content (AvgIpc) is 2.60. The van der Waals surface area contributed by atoms with Gasteiger partial charge in [-0.3, -0.25) is 4.79 Å². The van der Waals surface area contributed by atoms with E-state index in [4.69, 9.17) is 5.73 Å². The van der Waals surface area contributed by atoms with Gasteiger partial charge >= 0.3 is 0 Å². The molecule has 0 fully saturated rings. The van der Waals surface area contributed by atoms with E-state index >= 15 is 0 Å². The van der Waals surface area contributed by atoms with E-state index < -0.39 is 5.91 Å². The second kappa shape index (κ2) is 9.13. The maximum absolute atomic E-state index is 11.3. The normalized spacial score (nSPS) is 12.0. The molecule has 0 aliphatic heterocycles. The van der Waals surface area contributed by atoms with Crippen molar-refractivity contribution in [1.82, 2.24) is 0 Å². The third-order valence-electron chi connectivity index (χ3n) is 4.75. The Morgan fingerprint density at radius 2 is 1.77 bits per heavy atom. The van der Waals surface area contributed by atoms with Crippen LogP contribution < -0.4 is 5.73 Å². The lowest BCUT2D eigenvalue weighted by Crippen LogP contribution is -2.11. The van der Waals surface area contributed by atoms with Crippen LogP contribution in [0.4, 0.5) is 0 Å². The molecule has 5 nitrogen and oxygen atoms in total. The van der Waals surface area contributed by atoms with E-state index in [1.807, 2.05) is 6.07 Å². The van der Waals surface area contributed by atoms with E-state index in [-0.39, 0.29) is 22.8 Å². The summed E-state index contributed by atoms with van der Waals surface area (Å²) in [5.74, 6) is 0.256. The largest absolute Gasteiger partial charge is 0.508 e. The highest BCUT2D eigenvalue weighted by molar-refractivity contribution is 5.95. The van der Waals surface area contributed by atoms with Gasteiger partial charge in [-0.25, -0.2) is 0 Å². The Kier molecular flexibility index (Phi) is 6.89. The van der Waals surface area contributed by atoms with Crippen molar-refractivity contribution in [2.45, 2.75) is 45.4 Å². The van der Waals surface area contributed by atoms with Crippen LogP contribution in [-0.4, -0.2) is 21.2 Å². The van der Waals surface area contributed by atoms with Crippen LogP contribution in [0.2, 0.25) is 0 Å². The van der Waals surface area contributed by atoms with Gasteiger partial charge in [0.2, 0.25) is 0 Å². The zero-order valence-electron chi connectivity index (χ0n) is 15.1. The monoisotopic (exact) mass is 357 g/mol. The third-order valence-corrected chi connectivity index (χ3v) is 4.75. The molecule has 2 rings (SSSR count). The number of carbonyl (C=O) groups is 1. The van der Waals surface area contributed by atoms with Crippen molar-refractivity contribution in [2.24, 2.45) is 11.7 Å². The van der Waals surface area contributed by atoms with E-state index in [1.165, 1.54) is 18.2 Å². The number of phenolic OH excluding ortho intramolecular Hbond substituents is 2. The molecular weight excluding hydrogens is 330 g/mol. The summed E-state index contributed by atoms with van der Waals surface area (Å²) in [5.41, 5.74) is 6.93. The topological polar surface area (TPSA) is 104 Å². The van der Waals surface area contributed by atoms with Crippen LogP contribution in [0.25, 0.3) is 0 Å². The Bertz CT molecular complexity index is 758. The van der Waals surface area contributed by atoms with Crippen LogP contribution in [0, 0.1) is 5.92 Å². The number of amides is 1. The van der Waals surface area contributed by atoms with Gasteiger partial charge < -0.3 is 21.1 Å². The molecule has 140 valence electrons. The number of benzene rings is 2. The number of nitrogens with two attached hydrogens (primary N) is 1. The van der Waals surface area contributed by atoms with Crippen LogP contribution in [0.1, 0.15) is 54.1 Å². The van der Waals surface area contributed by atoms with E-state index in [2.05, 4.69) is 6.92 Å². The number of rotatable bonds is 9. The molecule has 0 heterocycles. The molecule has 0 aromatic heterocycles. The van der Waals surface area contributed by atoms with Crippen LogP contribution in [0.15, 0.2) is 36.4 Å². The zero-order chi connectivity index (χ0) is 19.1. The first-order valence-electron chi connectivity index (χ1n) is 9.00. The van der Waals surface area contributed by atoms with Crippen LogP contribution in [0.3, 0.4) is 0 Å². The molecule has 0 aliphatic carbocycles. The molecule has 5 heteroatoms. The number of primary amides is 1. The number of aryl methyl sites for hydroxylation is 2. The predicted molar refractivity (Wildman–Crippen MR) is 101 cm³/mol. The van der Waals surface area contributed by atoms with Crippen molar-refractivity contribution in [3.05, 3.63) is 53.1 Å². The molecule has 0 aliphatic rings. The lowest BCUT2D eigenvalue weighted by Gasteiger charge is -2.13. The maximum atomic E-state index is 11.3. The fourth-order valence-electron chi connectivity index (χ4n) is 3.12. The van der Waals surface area contributed by atoms with Crippen molar-refractivity contribution >= 4 is 5.91 Å². The van der Waals surface area contributed by atoms with Gasteiger partial charge in [0.25, 0.3) is 5.91 Å².